The summed E-state index contributed by atoms with van der Waals surface area (Å²) >= 11 is 0. The third-order valence-corrected chi connectivity index (χ3v) is 1.85. The minimum atomic E-state index is 0.573. The summed E-state index contributed by atoms with van der Waals surface area (Å²) in [5, 5.41) is 3.19. The molecule has 0 spiro atoms. The maximum absolute atomic E-state index is 5.29. The Morgan fingerprint density at radius 3 is 3.14 bits per heavy atom. The Labute approximate surface area is 84.3 Å². The van der Waals surface area contributed by atoms with Gasteiger partial charge in [0.1, 0.15) is 0 Å². The maximum atomic E-state index is 5.29. The van der Waals surface area contributed by atoms with Gasteiger partial charge in [0, 0.05) is 32.0 Å². The fourth-order valence-electron chi connectivity index (χ4n) is 1.15. The third kappa shape index (κ3) is 3.35. The Morgan fingerprint density at radius 1 is 1.57 bits per heavy atom. The number of nitrogens with zero attached hydrogens (tertiary/aromatic N) is 2. The number of imidazole rings is 1. The summed E-state index contributed by atoms with van der Waals surface area (Å²) in [6.45, 7) is 5.61. The summed E-state index contributed by atoms with van der Waals surface area (Å²) in [6.07, 6.45) is 3.73. The first-order valence-electron chi connectivity index (χ1n) is 4.91. The SMILES string of the molecule is CCn1ccnc1NCCOCCN. The average Bonchev–Trinajstić information content (AvgIpc) is 2.65. The van der Waals surface area contributed by atoms with Crippen molar-refractivity contribution < 1.29 is 4.74 Å². The summed E-state index contributed by atoms with van der Waals surface area (Å²) in [4.78, 5) is 4.18. The predicted octanol–water partition coefficient (Wildman–Crippen LogP) is 0.290. The van der Waals surface area contributed by atoms with Gasteiger partial charge in [-0.1, -0.05) is 0 Å². The minimum Gasteiger partial charge on any atom is -0.378 e. The second-order valence-electron chi connectivity index (χ2n) is 2.86. The molecule has 3 N–H and O–H groups in total. The number of ether oxygens (including phenoxy) is 1. The summed E-state index contributed by atoms with van der Waals surface area (Å²) in [6, 6.07) is 0. The smallest absolute Gasteiger partial charge is 0.202 e. The van der Waals surface area contributed by atoms with Gasteiger partial charge >= 0.3 is 0 Å². The monoisotopic (exact) mass is 198 g/mol. The molecule has 1 heterocycles. The lowest BCUT2D eigenvalue weighted by Gasteiger charge is -2.07. The molecule has 0 amide bonds. The Bertz CT molecular complexity index is 249. The van der Waals surface area contributed by atoms with Gasteiger partial charge in [-0.3, -0.25) is 0 Å². The van der Waals surface area contributed by atoms with Crippen LogP contribution in [0.1, 0.15) is 6.92 Å². The molecule has 0 fully saturated rings. The van der Waals surface area contributed by atoms with Crippen molar-refractivity contribution in [3.05, 3.63) is 12.4 Å². The van der Waals surface area contributed by atoms with Crippen molar-refractivity contribution in [3.8, 4) is 0 Å². The zero-order valence-corrected chi connectivity index (χ0v) is 8.57. The lowest BCUT2D eigenvalue weighted by atomic mass is 10.6. The first kappa shape index (κ1) is 11.0. The van der Waals surface area contributed by atoms with Gasteiger partial charge < -0.3 is 20.4 Å². The number of aryl methyl sites for hydroxylation is 1. The molecule has 5 heteroatoms. The highest BCUT2D eigenvalue weighted by Gasteiger charge is 1.98. The van der Waals surface area contributed by atoms with E-state index in [4.69, 9.17) is 10.5 Å². The molecule has 0 aliphatic heterocycles. The Morgan fingerprint density at radius 2 is 2.43 bits per heavy atom. The van der Waals surface area contributed by atoms with Gasteiger partial charge in [0.25, 0.3) is 0 Å². The van der Waals surface area contributed by atoms with E-state index in [0.717, 1.165) is 19.0 Å². The van der Waals surface area contributed by atoms with Gasteiger partial charge in [-0.2, -0.15) is 0 Å². The Hall–Kier alpha value is -1.07. The van der Waals surface area contributed by atoms with Crippen LogP contribution in [0.4, 0.5) is 5.95 Å². The van der Waals surface area contributed by atoms with Crippen molar-refractivity contribution in [2.45, 2.75) is 13.5 Å². The lowest BCUT2D eigenvalue weighted by Crippen LogP contribution is -2.16. The summed E-state index contributed by atoms with van der Waals surface area (Å²) in [5.41, 5.74) is 5.29. The molecule has 80 valence electrons. The zero-order chi connectivity index (χ0) is 10.2. The van der Waals surface area contributed by atoms with Gasteiger partial charge in [-0.25, -0.2) is 4.98 Å². The fourth-order valence-corrected chi connectivity index (χ4v) is 1.15. The number of aromatic nitrogens is 2. The van der Waals surface area contributed by atoms with Crippen LogP contribution in [-0.4, -0.2) is 35.9 Å². The first-order valence-corrected chi connectivity index (χ1v) is 4.91. The molecule has 0 aliphatic rings. The molecule has 0 saturated carbocycles. The highest BCUT2D eigenvalue weighted by Crippen LogP contribution is 2.02. The standard InChI is InChI=1S/C9H18N4O/c1-2-13-6-4-11-9(13)12-5-8-14-7-3-10/h4,6H,2-3,5,7-8,10H2,1H3,(H,11,12). The van der Waals surface area contributed by atoms with Crippen molar-refractivity contribution in [2.75, 3.05) is 31.6 Å². The second kappa shape index (κ2) is 6.39. The van der Waals surface area contributed by atoms with Crippen LogP contribution in [-0.2, 0) is 11.3 Å². The van der Waals surface area contributed by atoms with Gasteiger partial charge in [-0.05, 0) is 6.92 Å². The summed E-state index contributed by atoms with van der Waals surface area (Å²) < 4.78 is 7.27. The van der Waals surface area contributed by atoms with Gasteiger partial charge in [0.15, 0.2) is 0 Å². The average molecular weight is 198 g/mol. The molecule has 5 nitrogen and oxygen atoms in total. The van der Waals surface area contributed by atoms with Crippen molar-refractivity contribution in [1.82, 2.24) is 9.55 Å². The minimum absolute atomic E-state index is 0.573. The van der Waals surface area contributed by atoms with E-state index in [1.54, 1.807) is 6.20 Å². The molecule has 1 rings (SSSR count). The van der Waals surface area contributed by atoms with Crippen LogP contribution >= 0.6 is 0 Å². The van der Waals surface area contributed by atoms with E-state index >= 15 is 0 Å². The molecule has 0 aromatic carbocycles. The van der Waals surface area contributed by atoms with E-state index in [0.29, 0.717) is 19.8 Å². The van der Waals surface area contributed by atoms with Crippen molar-refractivity contribution in [3.63, 3.8) is 0 Å². The molecule has 0 bridgehead atoms. The molecule has 0 unspecified atom stereocenters. The number of anilines is 1. The molecule has 14 heavy (non-hydrogen) atoms. The van der Waals surface area contributed by atoms with E-state index < -0.39 is 0 Å². The Balaban J connectivity index is 2.17. The van der Waals surface area contributed by atoms with E-state index in [-0.39, 0.29) is 0 Å². The normalized spacial score (nSPS) is 10.4. The zero-order valence-electron chi connectivity index (χ0n) is 8.57. The maximum Gasteiger partial charge on any atom is 0.202 e. The van der Waals surface area contributed by atoms with Crippen LogP contribution in [0, 0.1) is 0 Å². The third-order valence-electron chi connectivity index (χ3n) is 1.85. The highest BCUT2D eigenvalue weighted by atomic mass is 16.5. The van der Waals surface area contributed by atoms with Crippen LogP contribution in [0.15, 0.2) is 12.4 Å². The summed E-state index contributed by atoms with van der Waals surface area (Å²) in [7, 11) is 0. The number of hydrogen-bond acceptors (Lipinski definition) is 4. The van der Waals surface area contributed by atoms with Gasteiger partial charge in [-0.15, -0.1) is 0 Å². The number of hydrogen-bond donors (Lipinski definition) is 2. The van der Waals surface area contributed by atoms with Crippen LogP contribution < -0.4 is 11.1 Å². The van der Waals surface area contributed by atoms with E-state index in [1.165, 1.54) is 0 Å². The quantitative estimate of drug-likeness (QED) is 0.618. The predicted molar refractivity (Wildman–Crippen MR) is 56.3 cm³/mol. The first-order chi connectivity index (χ1) is 6.88. The van der Waals surface area contributed by atoms with Crippen LogP contribution in [0.2, 0.25) is 0 Å². The largest absolute Gasteiger partial charge is 0.378 e. The molecular formula is C9H18N4O. The van der Waals surface area contributed by atoms with E-state index in [2.05, 4.69) is 17.2 Å². The van der Waals surface area contributed by atoms with E-state index in [1.807, 2.05) is 10.8 Å². The molecule has 1 aromatic heterocycles. The lowest BCUT2D eigenvalue weighted by molar-refractivity contribution is 0.151. The Kier molecular flexibility index (Phi) is 5.03. The number of nitrogens with one attached hydrogen (secondary N) is 1. The summed E-state index contributed by atoms with van der Waals surface area (Å²) in [5.74, 6) is 0.892. The van der Waals surface area contributed by atoms with Crippen LogP contribution in [0.5, 0.6) is 0 Å². The van der Waals surface area contributed by atoms with E-state index in [9.17, 15) is 0 Å². The number of rotatable bonds is 7. The van der Waals surface area contributed by atoms with Gasteiger partial charge in [0.05, 0.1) is 13.2 Å². The second-order valence-corrected chi connectivity index (χ2v) is 2.86. The molecule has 0 atom stereocenters. The molecule has 0 radical (unpaired) electrons. The van der Waals surface area contributed by atoms with Crippen molar-refractivity contribution >= 4 is 5.95 Å². The van der Waals surface area contributed by atoms with Crippen LogP contribution in [0.25, 0.3) is 0 Å². The molecule has 0 aliphatic carbocycles. The number of nitrogens with two attached hydrogens (primary N) is 1. The van der Waals surface area contributed by atoms with Gasteiger partial charge in [0.2, 0.25) is 5.95 Å². The fraction of sp³-hybridized carbons (Fsp3) is 0.667. The molecular weight excluding hydrogens is 180 g/mol. The molecule has 1 aromatic rings. The topological polar surface area (TPSA) is 65.1 Å². The van der Waals surface area contributed by atoms with Crippen molar-refractivity contribution in [1.29, 1.82) is 0 Å². The molecule has 0 saturated heterocycles. The van der Waals surface area contributed by atoms with Crippen LogP contribution in [0.3, 0.4) is 0 Å². The highest BCUT2D eigenvalue weighted by molar-refractivity contribution is 5.25. The van der Waals surface area contributed by atoms with Crippen molar-refractivity contribution in [2.24, 2.45) is 5.73 Å².